The van der Waals surface area contributed by atoms with E-state index in [1.165, 1.54) is 50.4 Å². The van der Waals surface area contributed by atoms with E-state index in [-0.39, 0.29) is 0 Å². The molecule has 1 aromatic heterocycles. The summed E-state index contributed by atoms with van der Waals surface area (Å²) in [7, 11) is 0. The van der Waals surface area contributed by atoms with Crippen molar-refractivity contribution in [1.29, 1.82) is 0 Å². The molecule has 3 nitrogen and oxygen atoms in total. The molecular formula is C13H23N3S. The van der Waals surface area contributed by atoms with Crippen molar-refractivity contribution in [3.05, 3.63) is 22.4 Å². The molecule has 17 heavy (non-hydrogen) atoms. The minimum atomic E-state index is 0.790. The molecule has 2 heterocycles. The first kappa shape index (κ1) is 13.0. The lowest BCUT2D eigenvalue weighted by atomic mass is 10.2. The minimum Gasteiger partial charge on any atom is -0.329 e. The molecule has 0 bridgehead atoms. The van der Waals surface area contributed by atoms with Crippen molar-refractivity contribution in [3.63, 3.8) is 0 Å². The van der Waals surface area contributed by atoms with Crippen LogP contribution in [-0.2, 0) is 6.42 Å². The van der Waals surface area contributed by atoms with Gasteiger partial charge in [-0.05, 0) is 30.8 Å². The van der Waals surface area contributed by atoms with Crippen molar-refractivity contribution in [2.24, 2.45) is 5.73 Å². The number of nitrogens with two attached hydrogens (primary N) is 1. The number of piperazine rings is 1. The molecular weight excluding hydrogens is 230 g/mol. The fourth-order valence-corrected chi connectivity index (χ4v) is 3.10. The zero-order chi connectivity index (χ0) is 11.9. The Morgan fingerprint density at radius 3 is 2.41 bits per heavy atom. The molecule has 0 unspecified atom stereocenters. The van der Waals surface area contributed by atoms with Crippen LogP contribution >= 0.6 is 11.3 Å². The number of hydrogen-bond donors (Lipinski definition) is 1. The highest BCUT2D eigenvalue weighted by atomic mass is 32.1. The van der Waals surface area contributed by atoms with Gasteiger partial charge < -0.3 is 10.6 Å². The van der Waals surface area contributed by atoms with Crippen LogP contribution in [0, 0.1) is 0 Å². The quantitative estimate of drug-likeness (QED) is 0.828. The predicted molar refractivity (Wildman–Crippen MR) is 74.6 cm³/mol. The van der Waals surface area contributed by atoms with Gasteiger partial charge in [-0.1, -0.05) is 6.07 Å². The lowest BCUT2D eigenvalue weighted by molar-refractivity contribution is 0.134. The molecule has 1 aromatic rings. The van der Waals surface area contributed by atoms with Crippen molar-refractivity contribution in [2.75, 3.05) is 45.8 Å². The summed E-state index contributed by atoms with van der Waals surface area (Å²) < 4.78 is 0. The number of rotatable bonds is 6. The third-order valence-corrected chi connectivity index (χ3v) is 4.32. The molecule has 1 fully saturated rings. The highest BCUT2D eigenvalue weighted by Gasteiger charge is 2.15. The minimum absolute atomic E-state index is 0.790. The lowest BCUT2D eigenvalue weighted by Crippen LogP contribution is -2.47. The van der Waals surface area contributed by atoms with Gasteiger partial charge >= 0.3 is 0 Å². The van der Waals surface area contributed by atoms with Gasteiger partial charge in [0.15, 0.2) is 0 Å². The number of thiophene rings is 1. The summed E-state index contributed by atoms with van der Waals surface area (Å²) in [4.78, 5) is 6.57. The average molecular weight is 253 g/mol. The second kappa shape index (κ2) is 7.11. The van der Waals surface area contributed by atoms with Crippen LogP contribution in [0.1, 0.15) is 11.3 Å². The molecule has 4 heteroatoms. The van der Waals surface area contributed by atoms with Gasteiger partial charge in [-0.15, -0.1) is 11.3 Å². The first-order chi connectivity index (χ1) is 8.38. The maximum absolute atomic E-state index is 5.57. The van der Waals surface area contributed by atoms with Gasteiger partial charge in [0, 0.05) is 44.1 Å². The average Bonchev–Trinajstić information content (AvgIpc) is 2.85. The summed E-state index contributed by atoms with van der Waals surface area (Å²) in [5.74, 6) is 0. The Bertz CT molecular complexity index is 292. The summed E-state index contributed by atoms with van der Waals surface area (Å²) in [5.41, 5.74) is 5.57. The summed E-state index contributed by atoms with van der Waals surface area (Å²) >= 11 is 1.88. The van der Waals surface area contributed by atoms with Crippen molar-refractivity contribution in [2.45, 2.75) is 12.8 Å². The van der Waals surface area contributed by atoms with Crippen LogP contribution in [0.2, 0.25) is 0 Å². The van der Waals surface area contributed by atoms with E-state index in [4.69, 9.17) is 5.73 Å². The maximum Gasteiger partial charge on any atom is 0.0110 e. The fourth-order valence-electron chi connectivity index (χ4n) is 2.35. The van der Waals surface area contributed by atoms with Crippen molar-refractivity contribution in [1.82, 2.24) is 9.80 Å². The van der Waals surface area contributed by atoms with Gasteiger partial charge in [0.1, 0.15) is 0 Å². The van der Waals surface area contributed by atoms with Crippen LogP contribution in [-0.4, -0.2) is 55.6 Å². The van der Waals surface area contributed by atoms with Gasteiger partial charge in [-0.3, -0.25) is 4.90 Å². The number of hydrogen-bond acceptors (Lipinski definition) is 4. The van der Waals surface area contributed by atoms with E-state index >= 15 is 0 Å². The molecule has 0 saturated carbocycles. The van der Waals surface area contributed by atoms with Gasteiger partial charge in [-0.25, -0.2) is 0 Å². The van der Waals surface area contributed by atoms with Gasteiger partial charge in [-0.2, -0.15) is 0 Å². The molecule has 0 aliphatic carbocycles. The van der Waals surface area contributed by atoms with Crippen LogP contribution < -0.4 is 5.73 Å². The smallest absolute Gasteiger partial charge is 0.0110 e. The summed E-state index contributed by atoms with van der Waals surface area (Å²) in [6, 6.07) is 4.38. The Kier molecular flexibility index (Phi) is 5.45. The van der Waals surface area contributed by atoms with E-state index in [0.717, 1.165) is 13.1 Å². The summed E-state index contributed by atoms with van der Waals surface area (Å²) in [6.07, 6.45) is 2.53. The maximum atomic E-state index is 5.57. The zero-order valence-corrected chi connectivity index (χ0v) is 11.3. The topological polar surface area (TPSA) is 32.5 Å². The molecule has 2 rings (SSSR count). The van der Waals surface area contributed by atoms with Crippen LogP contribution in [0.25, 0.3) is 0 Å². The van der Waals surface area contributed by atoms with Gasteiger partial charge in [0.25, 0.3) is 0 Å². The molecule has 96 valence electrons. The monoisotopic (exact) mass is 253 g/mol. The van der Waals surface area contributed by atoms with E-state index in [1.807, 2.05) is 11.3 Å². The zero-order valence-electron chi connectivity index (χ0n) is 10.5. The Balaban J connectivity index is 1.58. The molecule has 0 radical (unpaired) electrons. The van der Waals surface area contributed by atoms with E-state index in [9.17, 15) is 0 Å². The van der Waals surface area contributed by atoms with Crippen molar-refractivity contribution >= 4 is 11.3 Å². The Morgan fingerprint density at radius 1 is 1.12 bits per heavy atom. The molecule has 1 aliphatic rings. The molecule has 1 aliphatic heterocycles. The second-order valence-electron chi connectivity index (χ2n) is 4.65. The lowest BCUT2D eigenvalue weighted by Gasteiger charge is -2.34. The van der Waals surface area contributed by atoms with Crippen LogP contribution in [0.5, 0.6) is 0 Å². The Morgan fingerprint density at radius 2 is 1.82 bits per heavy atom. The van der Waals surface area contributed by atoms with E-state index in [2.05, 4.69) is 27.3 Å². The van der Waals surface area contributed by atoms with E-state index < -0.39 is 0 Å². The first-order valence-electron chi connectivity index (χ1n) is 6.55. The Labute approximate surface area is 108 Å². The van der Waals surface area contributed by atoms with Crippen molar-refractivity contribution < 1.29 is 0 Å². The Hall–Kier alpha value is -0.420. The van der Waals surface area contributed by atoms with Gasteiger partial charge in [0.2, 0.25) is 0 Å². The van der Waals surface area contributed by atoms with Crippen molar-refractivity contribution in [3.8, 4) is 0 Å². The van der Waals surface area contributed by atoms with Gasteiger partial charge in [0.05, 0.1) is 0 Å². The third kappa shape index (κ3) is 4.39. The largest absolute Gasteiger partial charge is 0.329 e. The molecule has 0 atom stereocenters. The van der Waals surface area contributed by atoms with Crippen LogP contribution in [0.3, 0.4) is 0 Å². The molecule has 0 spiro atoms. The SMILES string of the molecule is NCCN1CCN(CCCc2cccs2)CC1. The highest BCUT2D eigenvalue weighted by molar-refractivity contribution is 7.09. The molecule has 1 saturated heterocycles. The molecule has 0 amide bonds. The number of aryl methyl sites for hydroxylation is 1. The first-order valence-corrected chi connectivity index (χ1v) is 7.43. The standard InChI is InChI=1S/C13H23N3S/c14-5-7-16-10-8-15(9-11-16)6-1-3-13-4-2-12-17-13/h2,4,12H,1,3,5-11,14H2. The summed E-state index contributed by atoms with van der Waals surface area (Å²) in [6.45, 7) is 7.90. The predicted octanol–water partition coefficient (Wildman–Crippen LogP) is 1.26. The van der Waals surface area contributed by atoms with Crippen LogP contribution in [0.15, 0.2) is 17.5 Å². The fraction of sp³-hybridized carbons (Fsp3) is 0.692. The normalized spacial score (nSPS) is 18.6. The van der Waals surface area contributed by atoms with E-state index in [1.54, 1.807) is 0 Å². The molecule has 2 N–H and O–H groups in total. The number of nitrogens with zero attached hydrogens (tertiary/aromatic N) is 2. The summed E-state index contributed by atoms with van der Waals surface area (Å²) in [5, 5.41) is 2.17. The highest BCUT2D eigenvalue weighted by Crippen LogP contribution is 2.11. The molecule has 0 aromatic carbocycles. The van der Waals surface area contributed by atoms with E-state index in [0.29, 0.717) is 0 Å². The second-order valence-corrected chi connectivity index (χ2v) is 5.69. The third-order valence-electron chi connectivity index (χ3n) is 3.39. The van der Waals surface area contributed by atoms with Crippen LogP contribution in [0.4, 0.5) is 0 Å².